The molecule has 1 saturated carbocycles. The first-order chi connectivity index (χ1) is 7.13. The van der Waals surface area contributed by atoms with Gasteiger partial charge in [-0.25, -0.2) is 9.59 Å². The van der Waals surface area contributed by atoms with E-state index in [1.54, 1.807) is 0 Å². The summed E-state index contributed by atoms with van der Waals surface area (Å²) < 4.78 is 0. The summed E-state index contributed by atoms with van der Waals surface area (Å²) in [4.78, 5) is 22.1. The molecule has 1 fully saturated rings. The van der Waals surface area contributed by atoms with Crippen LogP contribution >= 0.6 is 0 Å². The molecule has 86 valence electrons. The third-order valence-electron chi connectivity index (χ3n) is 2.62. The number of rotatable bonds is 5. The quantitative estimate of drug-likeness (QED) is 0.641. The Hall–Kier alpha value is -1.26. The van der Waals surface area contributed by atoms with Crippen molar-refractivity contribution in [3.63, 3.8) is 0 Å². The molecule has 1 aliphatic carbocycles. The zero-order valence-electron chi connectivity index (χ0n) is 8.95. The van der Waals surface area contributed by atoms with E-state index in [1.165, 1.54) is 0 Å². The largest absolute Gasteiger partial charge is 0.480 e. The highest BCUT2D eigenvalue weighted by molar-refractivity contribution is 5.82. The molecule has 1 aliphatic rings. The molecule has 0 aromatic rings. The van der Waals surface area contributed by atoms with E-state index in [2.05, 4.69) is 10.6 Å². The summed E-state index contributed by atoms with van der Waals surface area (Å²) >= 11 is 0. The van der Waals surface area contributed by atoms with E-state index >= 15 is 0 Å². The number of hydrogen-bond donors (Lipinski definition) is 3. The van der Waals surface area contributed by atoms with E-state index in [-0.39, 0.29) is 12.1 Å². The maximum absolute atomic E-state index is 11.4. The zero-order chi connectivity index (χ0) is 11.3. The van der Waals surface area contributed by atoms with E-state index in [9.17, 15) is 9.59 Å². The maximum atomic E-state index is 11.4. The average molecular weight is 214 g/mol. The Bertz CT molecular complexity index is 239. The van der Waals surface area contributed by atoms with Crippen LogP contribution in [0.5, 0.6) is 0 Å². The van der Waals surface area contributed by atoms with Gasteiger partial charge in [-0.1, -0.05) is 13.3 Å². The molecular formula is C10H18N2O3. The minimum absolute atomic E-state index is 0.237. The Morgan fingerprint density at radius 2 is 2.13 bits per heavy atom. The number of nitrogens with one attached hydrogen (secondary N) is 2. The Morgan fingerprint density at radius 1 is 1.47 bits per heavy atom. The summed E-state index contributed by atoms with van der Waals surface area (Å²) in [5.74, 6) is -0.972. The number of urea groups is 1. The van der Waals surface area contributed by atoms with Crippen LogP contribution in [0.2, 0.25) is 0 Å². The van der Waals surface area contributed by atoms with Crippen molar-refractivity contribution in [3.05, 3.63) is 0 Å². The van der Waals surface area contributed by atoms with Gasteiger partial charge in [0.15, 0.2) is 0 Å². The number of carboxylic acid groups (broad SMARTS) is 1. The molecule has 0 radical (unpaired) electrons. The van der Waals surface area contributed by atoms with Crippen LogP contribution in [0.3, 0.4) is 0 Å². The van der Waals surface area contributed by atoms with Crippen LogP contribution in [0.4, 0.5) is 4.79 Å². The van der Waals surface area contributed by atoms with Crippen LogP contribution in [0.15, 0.2) is 0 Å². The molecule has 5 nitrogen and oxygen atoms in total. The van der Waals surface area contributed by atoms with Crippen LogP contribution in [0.25, 0.3) is 0 Å². The number of carbonyl (C=O) groups excluding carboxylic acids is 1. The first-order valence-electron chi connectivity index (χ1n) is 5.43. The van der Waals surface area contributed by atoms with Crippen molar-refractivity contribution in [2.45, 2.75) is 51.1 Å². The van der Waals surface area contributed by atoms with Crippen LogP contribution < -0.4 is 10.6 Å². The van der Waals surface area contributed by atoms with Gasteiger partial charge in [0.25, 0.3) is 0 Å². The molecule has 1 atom stereocenters. The lowest BCUT2D eigenvalue weighted by molar-refractivity contribution is -0.139. The van der Waals surface area contributed by atoms with Crippen molar-refractivity contribution in [2.24, 2.45) is 0 Å². The number of hydrogen-bond acceptors (Lipinski definition) is 2. The highest BCUT2D eigenvalue weighted by atomic mass is 16.4. The summed E-state index contributed by atoms with van der Waals surface area (Å²) in [5.41, 5.74) is 0. The Balaban J connectivity index is 2.28. The van der Waals surface area contributed by atoms with Gasteiger partial charge < -0.3 is 15.7 Å². The third-order valence-corrected chi connectivity index (χ3v) is 2.62. The Kier molecular flexibility index (Phi) is 4.39. The van der Waals surface area contributed by atoms with Gasteiger partial charge in [-0.15, -0.1) is 0 Å². The molecule has 2 amide bonds. The predicted octanol–water partition coefficient (Wildman–Crippen LogP) is 1.09. The maximum Gasteiger partial charge on any atom is 0.326 e. The van der Waals surface area contributed by atoms with Gasteiger partial charge in [0.05, 0.1) is 0 Å². The van der Waals surface area contributed by atoms with Crippen LogP contribution in [0, 0.1) is 0 Å². The molecule has 0 unspecified atom stereocenters. The fraction of sp³-hybridized carbons (Fsp3) is 0.800. The second kappa shape index (κ2) is 5.58. The topological polar surface area (TPSA) is 78.4 Å². The summed E-state index contributed by atoms with van der Waals surface area (Å²) in [6.45, 7) is 1.89. The average Bonchev–Trinajstić information content (AvgIpc) is 2.10. The van der Waals surface area contributed by atoms with Gasteiger partial charge in [-0.3, -0.25) is 0 Å². The molecule has 3 N–H and O–H groups in total. The molecule has 0 saturated heterocycles. The second-order valence-electron chi connectivity index (χ2n) is 3.93. The first kappa shape index (κ1) is 11.8. The lowest BCUT2D eigenvalue weighted by atomic mass is 9.93. The van der Waals surface area contributed by atoms with Gasteiger partial charge >= 0.3 is 12.0 Å². The molecule has 0 aliphatic heterocycles. The van der Waals surface area contributed by atoms with Crippen LogP contribution in [0.1, 0.15) is 39.0 Å². The molecule has 1 rings (SSSR count). The van der Waals surface area contributed by atoms with Crippen molar-refractivity contribution in [2.75, 3.05) is 0 Å². The highest BCUT2D eigenvalue weighted by Gasteiger charge is 2.23. The lowest BCUT2D eigenvalue weighted by Gasteiger charge is -2.27. The third kappa shape index (κ3) is 3.77. The van der Waals surface area contributed by atoms with E-state index in [1.807, 2.05) is 6.92 Å². The molecule has 0 heterocycles. The first-order valence-corrected chi connectivity index (χ1v) is 5.43. The number of amides is 2. The fourth-order valence-electron chi connectivity index (χ4n) is 1.48. The van der Waals surface area contributed by atoms with Crippen molar-refractivity contribution in [3.8, 4) is 0 Å². The van der Waals surface area contributed by atoms with Gasteiger partial charge in [-0.05, 0) is 25.7 Å². The fourth-order valence-corrected chi connectivity index (χ4v) is 1.48. The smallest absolute Gasteiger partial charge is 0.326 e. The molecule has 0 spiro atoms. The van der Waals surface area contributed by atoms with E-state index < -0.39 is 12.0 Å². The van der Waals surface area contributed by atoms with Crippen molar-refractivity contribution in [1.29, 1.82) is 0 Å². The molecule has 0 bridgehead atoms. The summed E-state index contributed by atoms with van der Waals surface area (Å²) in [5, 5.41) is 14.0. The summed E-state index contributed by atoms with van der Waals surface area (Å²) in [6.07, 6.45) is 4.34. The van der Waals surface area contributed by atoms with Gasteiger partial charge in [0.1, 0.15) is 6.04 Å². The molecule has 15 heavy (non-hydrogen) atoms. The van der Waals surface area contributed by atoms with E-state index in [0.717, 1.165) is 25.7 Å². The number of carbonyl (C=O) groups is 2. The zero-order valence-corrected chi connectivity index (χ0v) is 8.95. The SMILES string of the molecule is CCC[C@@H](NC(=O)NC1CCC1)C(=O)O. The Labute approximate surface area is 89.2 Å². The molecular weight excluding hydrogens is 196 g/mol. The number of aliphatic carboxylic acids is 1. The van der Waals surface area contributed by atoms with E-state index in [0.29, 0.717) is 6.42 Å². The van der Waals surface area contributed by atoms with Gasteiger partial charge in [-0.2, -0.15) is 0 Å². The normalized spacial score (nSPS) is 17.7. The molecule has 5 heteroatoms. The molecule has 0 aromatic carbocycles. The Morgan fingerprint density at radius 3 is 2.53 bits per heavy atom. The van der Waals surface area contributed by atoms with Gasteiger partial charge in [0, 0.05) is 6.04 Å². The summed E-state index contributed by atoms with van der Waals surface area (Å²) in [7, 11) is 0. The highest BCUT2D eigenvalue weighted by Crippen LogP contribution is 2.17. The van der Waals surface area contributed by atoms with Crippen LogP contribution in [-0.2, 0) is 4.79 Å². The standard InChI is InChI=1S/C10H18N2O3/c1-2-4-8(9(13)14)12-10(15)11-7-5-3-6-7/h7-8H,2-6H2,1H3,(H,13,14)(H2,11,12,15)/t8-/m1/s1. The minimum Gasteiger partial charge on any atom is -0.480 e. The lowest BCUT2D eigenvalue weighted by Crippen LogP contribution is -2.50. The van der Waals surface area contributed by atoms with Crippen molar-refractivity contribution < 1.29 is 14.7 Å². The molecule has 0 aromatic heterocycles. The van der Waals surface area contributed by atoms with Crippen molar-refractivity contribution >= 4 is 12.0 Å². The minimum atomic E-state index is -0.972. The van der Waals surface area contributed by atoms with Crippen LogP contribution in [-0.4, -0.2) is 29.2 Å². The second-order valence-corrected chi connectivity index (χ2v) is 3.93. The summed E-state index contributed by atoms with van der Waals surface area (Å²) in [6, 6.07) is -0.892. The van der Waals surface area contributed by atoms with Crippen molar-refractivity contribution in [1.82, 2.24) is 10.6 Å². The monoisotopic (exact) mass is 214 g/mol. The van der Waals surface area contributed by atoms with E-state index in [4.69, 9.17) is 5.11 Å². The number of carboxylic acids is 1. The predicted molar refractivity (Wildman–Crippen MR) is 55.6 cm³/mol. The van der Waals surface area contributed by atoms with Gasteiger partial charge in [0.2, 0.25) is 0 Å².